The lowest BCUT2D eigenvalue weighted by molar-refractivity contribution is -0.122. The first kappa shape index (κ1) is 27.0. The van der Waals surface area contributed by atoms with E-state index in [9.17, 15) is 4.79 Å². The molecule has 5 rings (SSSR count). The molecule has 0 spiro atoms. The lowest BCUT2D eigenvalue weighted by Crippen LogP contribution is -2.49. The third-order valence-electron chi connectivity index (χ3n) is 7.29. The number of hydrogen-bond donors (Lipinski definition) is 2. The number of H-pyrrole nitrogens is 1. The number of hydrogen-bond acceptors (Lipinski definition) is 7. The second-order valence-corrected chi connectivity index (χ2v) is 10.8. The summed E-state index contributed by atoms with van der Waals surface area (Å²) in [4.78, 5) is 16.6. The highest BCUT2D eigenvalue weighted by molar-refractivity contribution is 5.78. The smallest absolute Gasteiger partial charge is 0.234 e. The van der Waals surface area contributed by atoms with Gasteiger partial charge in [0, 0.05) is 43.1 Å². The quantitative estimate of drug-likeness (QED) is 0.389. The average molecular weight is 534 g/mol. The molecular formula is C30H39N5O4. The molecule has 1 amide bonds. The Morgan fingerprint density at radius 3 is 2.64 bits per heavy atom. The van der Waals surface area contributed by atoms with Crippen molar-refractivity contribution in [3.8, 4) is 17.2 Å². The van der Waals surface area contributed by atoms with Crippen LogP contribution in [0.3, 0.4) is 0 Å². The van der Waals surface area contributed by atoms with Crippen molar-refractivity contribution in [2.24, 2.45) is 0 Å². The summed E-state index contributed by atoms with van der Waals surface area (Å²) in [5.74, 6) is 2.31. The maximum Gasteiger partial charge on any atom is 0.234 e. The van der Waals surface area contributed by atoms with E-state index in [1.807, 2.05) is 73.6 Å². The minimum Gasteiger partial charge on any atom is -0.489 e. The van der Waals surface area contributed by atoms with Crippen molar-refractivity contribution >= 4 is 5.91 Å². The number of aromatic nitrogens is 2. The van der Waals surface area contributed by atoms with Gasteiger partial charge in [0.15, 0.2) is 11.5 Å². The Balaban J connectivity index is 1.19. The molecule has 2 aliphatic rings. The van der Waals surface area contributed by atoms with Crippen LogP contribution < -0.4 is 19.5 Å². The zero-order chi connectivity index (χ0) is 27.0. The summed E-state index contributed by atoms with van der Waals surface area (Å²) in [7, 11) is 3.83. The zero-order valence-corrected chi connectivity index (χ0v) is 22.8. The number of aromatic amines is 1. The number of carbonyl (C=O) groups is 1. The van der Waals surface area contributed by atoms with Gasteiger partial charge in [0.25, 0.3) is 0 Å². The third-order valence-corrected chi connectivity index (χ3v) is 7.29. The van der Waals surface area contributed by atoms with Gasteiger partial charge in [-0.05, 0) is 63.5 Å². The van der Waals surface area contributed by atoms with Crippen LogP contribution in [-0.4, -0.2) is 77.9 Å². The topological polar surface area (TPSA) is 92.0 Å². The van der Waals surface area contributed by atoms with Gasteiger partial charge in [-0.3, -0.25) is 14.8 Å². The van der Waals surface area contributed by atoms with Crippen LogP contribution in [0.2, 0.25) is 0 Å². The van der Waals surface area contributed by atoms with Gasteiger partial charge >= 0.3 is 0 Å². The average Bonchev–Trinajstić information content (AvgIpc) is 3.45. The van der Waals surface area contributed by atoms with Crippen LogP contribution in [0.4, 0.5) is 0 Å². The van der Waals surface area contributed by atoms with E-state index < -0.39 is 0 Å². The van der Waals surface area contributed by atoms with Gasteiger partial charge in [-0.2, -0.15) is 5.10 Å². The van der Waals surface area contributed by atoms with Gasteiger partial charge in [0.2, 0.25) is 5.91 Å². The fourth-order valence-electron chi connectivity index (χ4n) is 5.36. The first-order chi connectivity index (χ1) is 19.0. The highest BCUT2D eigenvalue weighted by Gasteiger charge is 2.31. The molecule has 1 fully saturated rings. The highest BCUT2D eigenvalue weighted by Crippen LogP contribution is 2.36. The van der Waals surface area contributed by atoms with Gasteiger partial charge in [-0.25, -0.2) is 0 Å². The summed E-state index contributed by atoms with van der Waals surface area (Å²) >= 11 is 0. The molecular weight excluding hydrogens is 494 g/mol. The number of likely N-dealkylation sites (N-methyl/N-ethyl adjacent to an activating group) is 1. The Bertz CT molecular complexity index is 1180. The minimum absolute atomic E-state index is 0.0938. The molecule has 9 nitrogen and oxygen atoms in total. The maximum atomic E-state index is 12.2. The first-order valence-corrected chi connectivity index (χ1v) is 13.8. The molecule has 0 bridgehead atoms. The van der Waals surface area contributed by atoms with E-state index in [4.69, 9.17) is 14.2 Å². The number of carbonyl (C=O) groups excluding carboxylic acids is 1. The third kappa shape index (κ3) is 7.74. The largest absolute Gasteiger partial charge is 0.489 e. The molecule has 0 saturated heterocycles. The predicted molar refractivity (Wildman–Crippen MR) is 149 cm³/mol. The highest BCUT2D eigenvalue weighted by atomic mass is 16.6. The molecule has 208 valence electrons. The van der Waals surface area contributed by atoms with E-state index >= 15 is 0 Å². The van der Waals surface area contributed by atoms with E-state index in [-0.39, 0.29) is 18.1 Å². The SMILES string of the molecule is CN(C)CC(=O)N[C@H]1CC[C@@H](N(Cc2ccn[nH]2)C[C@@H]2COc3ccc(OCc4ccccc4)cc3O2)CC1. The molecule has 1 aromatic heterocycles. The zero-order valence-electron chi connectivity index (χ0n) is 22.8. The van der Waals surface area contributed by atoms with E-state index in [2.05, 4.69) is 20.4 Å². The van der Waals surface area contributed by atoms with Crippen molar-refractivity contribution in [2.45, 2.75) is 57.0 Å². The number of rotatable bonds is 11. The van der Waals surface area contributed by atoms with Crippen LogP contribution in [0.5, 0.6) is 17.2 Å². The number of ether oxygens (including phenoxy) is 3. The monoisotopic (exact) mass is 533 g/mol. The van der Waals surface area contributed by atoms with Crippen LogP contribution in [-0.2, 0) is 17.9 Å². The molecule has 39 heavy (non-hydrogen) atoms. The first-order valence-electron chi connectivity index (χ1n) is 13.8. The molecule has 3 aromatic rings. The molecule has 1 saturated carbocycles. The van der Waals surface area contributed by atoms with Crippen LogP contribution in [0, 0.1) is 0 Å². The van der Waals surface area contributed by atoms with Gasteiger partial charge in [0.05, 0.1) is 6.54 Å². The van der Waals surface area contributed by atoms with Gasteiger partial charge in [0.1, 0.15) is 25.1 Å². The van der Waals surface area contributed by atoms with E-state index in [0.717, 1.165) is 61.5 Å². The maximum absolute atomic E-state index is 12.2. The molecule has 2 heterocycles. The molecule has 2 N–H and O–H groups in total. The lowest BCUT2D eigenvalue weighted by atomic mass is 9.89. The molecule has 1 aliphatic heterocycles. The van der Waals surface area contributed by atoms with Gasteiger partial charge in [-0.1, -0.05) is 30.3 Å². The molecule has 9 heteroatoms. The number of benzene rings is 2. The normalized spacial score (nSPS) is 20.7. The van der Waals surface area contributed by atoms with Gasteiger partial charge in [-0.15, -0.1) is 0 Å². The van der Waals surface area contributed by atoms with Crippen LogP contribution in [0.1, 0.15) is 36.9 Å². The van der Waals surface area contributed by atoms with Crippen LogP contribution in [0.25, 0.3) is 0 Å². The summed E-state index contributed by atoms with van der Waals surface area (Å²) in [5, 5.41) is 10.4. The summed E-state index contributed by atoms with van der Waals surface area (Å²) in [5.41, 5.74) is 2.19. The standard InChI is InChI=1S/C30H39N5O4/c1-34(2)19-30(36)32-23-8-10-25(11-9-23)35(17-24-14-15-31-33-24)18-27-21-38-28-13-12-26(16-29(28)39-27)37-20-22-6-4-3-5-7-22/h3-7,12-16,23,25,27H,8-11,17-21H2,1-2H3,(H,31,33)(H,32,36)/t23-,25+,27-/m1/s1. The van der Waals surface area contributed by atoms with Crippen molar-refractivity contribution < 1.29 is 19.0 Å². The Morgan fingerprint density at radius 1 is 1.08 bits per heavy atom. The second kappa shape index (κ2) is 13.0. The van der Waals surface area contributed by atoms with E-state index in [1.165, 1.54) is 0 Å². The Kier molecular flexibility index (Phi) is 9.00. The van der Waals surface area contributed by atoms with Crippen molar-refractivity contribution in [1.82, 2.24) is 25.3 Å². The minimum atomic E-state index is -0.109. The number of nitrogens with one attached hydrogen (secondary N) is 2. The number of fused-ring (bicyclic) bond motifs is 1. The fraction of sp³-hybridized carbons (Fsp3) is 0.467. The fourth-order valence-corrected chi connectivity index (χ4v) is 5.36. The van der Waals surface area contributed by atoms with E-state index in [0.29, 0.717) is 31.5 Å². The van der Waals surface area contributed by atoms with Gasteiger partial charge < -0.3 is 24.4 Å². The number of nitrogens with zero attached hydrogens (tertiary/aromatic N) is 3. The van der Waals surface area contributed by atoms with Crippen molar-refractivity contribution in [1.29, 1.82) is 0 Å². The van der Waals surface area contributed by atoms with Crippen molar-refractivity contribution in [3.05, 3.63) is 72.1 Å². The molecule has 0 unspecified atom stereocenters. The molecule has 2 aromatic carbocycles. The summed E-state index contributed by atoms with van der Waals surface area (Å²) in [6.45, 7) is 2.91. The molecule has 1 atom stereocenters. The predicted octanol–water partition coefficient (Wildman–Crippen LogP) is 3.62. The van der Waals surface area contributed by atoms with E-state index in [1.54, 1.807) is 6.20 Å². The summed E-state index contributed by atoms with van der Waals surface area (Å²) in [6.07, 6.45) is 5.65. The van der Waals surface area contributed by atoms with Crippen molar-refractivity contribution in [2.75, 3.05) is 33.8 Å². The lowest BCUT2D eigenvalue weighted by Gasteiger charge is -2.39. The van der Waals surface area contributed by atoms with Crippen molar-refractivity contribution in [3.63, 3.8) is 0 Å². The summed E-state index contributed by atoms with van der Waals surface area (Å²) < 4.78 is 18.5. The Labute approximate surface area is 230 Å². The Morgan fingerprint density at radius 2 is 1.90 bits per heavy atom. The molecule has 1 aliphatic carbocycles. The molecule has 0 radical (unpaired) electrons. The van der Waals surface area contributed by atoms with Crippen LogP contribution >= 0.6 is 0 Å². The second-order valence-electron chi connectivity index (χ2n) is 10.8. The summed E-state index contributed by atoms with van der Waals surface area (Å²) in [6, 6.07) is 18.5. The number of amides is 1. The Hall–Kier alpha value is -3.56. The van der Waals surface area contributed by atoms with Crippen LogP contribution in [0.15, 0.2) is 60.8 Å².